The molecule has 0 saturated carbocycles. The van der Waals surface area contributed by atoms with Crippen molar-refractivity contribution in [1.82, 2.24) is 0 Å². The minimum Gasteiger partial charge on any atom is -0.459 e. The molecule has 0 aliphatic carbocycles. The molecule has 0 saturated heterocycles. The Hall–Kier alpha value is -1.08. The number of hydrogen-bond donors (Lipinski definition) is 0. The summed E-state index contributed by atoms with van der Waals surface area (Å²) in [5.41, 5.74) is -1.28. The van der Waals surface area contributed by atoms with E-state index < -0.39 is 52.1 Å². The van der Waals surface area contributed by atoms with Gasteiger partial charge in [0.1, 0.15) is 6.61 Å². The Bertz CT molecular complexity index is 463. The lowest BCUT2D eigenvalue weighted by Crippen LogP contribution is -2.15. The second-order valence-electron chi connectivity index (χ2n) is 2.96. The van der Waals surface area contributed by atoms with Crippen LogP contribution in [0.25, 0.3) is 0 Å². The maximum Gasteiger partial charge on any atom is 0.339 e. The van der Waals surface area contributed by atoms with Crippen LogP contribution in [0.4, 0.5) is 22.0 Å². The Morgan fingerprint density at radius 1 is 0.944 bits per heavy atom. The van der Waals surface area contributed by atoms with E-state index in [4.69, 9.17) is 23.2 Å². The monoisotopic (exact) mass is 308 g/mol. The highest BCUT2D eigenvalue weighted by atomic mass is 35.5. The summed E-state index contributed by atoms with van der Waals surface area (Å²) >= 11 is 10.1. The standard InChI is InChI=1S/C9H3Cl2F5O2/c10-8(11)9(17)18-1-2-3(12)5(14)7(16)6(15)4(2)13/h8H,1H2. The highest BCUT2D eigenvalue weighted by molar-refractivity contribution is 6.52. The summed E-state index contributed by atoms with van der Waals surface area (Å²) < 4.78 is 68.4. The van der Waals surface area contributed by atoms with Crippen LogP contribution < -0.4 is 0 Å². The van der Waals surface area contributed by atoms with Crippen LogP contribution in [0.3, 0.4) is 0 Å². The largest absolute Gasteiger partial charge is 0.459 e. The molecule has 0 heterocycles. The fourth-order valence-corrected chi connectivity index (χ4v) is 1.11. The van der Waals surface area contributed by atoms with Gasteiger partial charge in [-0.15, -0.1) is 0 Å². The number of rotatable bonds is 3. The molecule has 9 heteroatoms. The first kappa shape index (κ1) is 15.0. The molecule has 0 aromatic heterocycles. The van der Waals surface area contributed by atoms with Gasteiger partial charge in [-0.05, 0) is 0 Å². The molecule has 18 heavy (non-hydrogen) atoms. The fourth-order valence-electron chi connectivity index (χ4n) is 0.983. The van der Waals surface area contributed by atoms with E-state index in [0.717, 1.165) is 0 Å². The van der Waals surface area contributed by atoms with E-state index in [9.17, 15) is 26.7 Å². The molecule has 0 amide bonds. The SMILES string of the molecule is O=C(OCc1c(F)c(F)c(F)c(F)c1F)C(Cl)Cl. The summed E-state index contributed by atoms with van der Waals surface area (Å²) in [6, 6.07) is 0. The number of carbonyl (C=O) groups excluding carboxylic acids is 1. The van der Waals surface area contributed by atoms with Gasteiger partial charge in [-0.3, -0.25) is 0 Å². The normalized spacial score (nSPS) is 10.9. The van der Waals surface area contributed by atoms with Crippen LogP contribution in [-0.4, -0.2) is 10.8 Å². The highest BCUT2D eigenvalue weighted by Crippen LogP contribution is 2.23. The van der Waals surface area contributed by atoms with Crippen molar-refractivity contribution in [2.75, 3.05) is 0 Å². The Labute approximate surface area is 107 Å². The molecule has 1 aromatic rings. The van der Waals surface area contributed by atoms with Gasteiger partial charge < -0.3 is 4.74 Å². The summed E-state index contributed by atoms with van der Waals surface area (Å²) in [4.78, 5) is 9.15. The predicted octanol–water partition coefficient (Wildman–Crippen LogP) is 3.23. The van der Waals surface area contributed by atoms with Crippen molar-refractivity contribution in [3.63, 3.8) is 0 Å². The van der Waals surface area contributed by atoms with Crippen LogP contribution in [0.1, 0.15) is 5.56 Å². The highest BCUT2D eigenvalue weighted by Gasteiger charge is 2.26. The molecule has 0 fully saturated rings. The van der Waals surface area contributed by atoms with Crippen molar-refractivity contribution in [3.8, 4) is 0 Å². The lowest BCUT2D eigenvalue weighted by atomic mass is 10.2. The summed E-state index contributed by atoms with van der Waals surface area (Å²) in [5.74, 6) is -12.0. The summed E-state index contributed by atoms with van der Waals surface area (Å²) in [6.07, 6.45) is 0. The summed E-state index contributed by atoms with van der Waals surface area (Å²) in [6.45, 7) is -1.18. The van der Waals surface area contributed by atoms with Crippen LogP contribution in [0.5, 0.6) is 0 Å². The average Bonchev–Trinajstić information content (AvgIpc) is 2.33. The molecular formula is C9H3Cl2F5O2. The van der Waals surface area contributed by atoms with Gasteiger partial charge in [0.15, 0.2) is 23.3 Å². The molecule has 0 N–H and O–H groups in total. The molecule has 100 valence electrons. The van der Waals surface area contributed by atoms with Gasteiger partial charge in [0.25, 0.3) is 0 Å². The van der Waals surface area contributed by atoms with E-state index in [1.807, 2.05) is 0 Å². The van der Waals surface area contributed by atoms with Crippen LogP contribution >= 0.6 is 23.2 Å². The number of alkyl halides is 2. The first-order valence-corrected chi connectivity index (χ1v) is 5.09. The van der Waals surface area contributed by atoms with Crippen molar-refractivity contribution in [3.05, 3.63) is 34.6 Å². The topological polar surface area (TPSA) is 26.3 Å². The molecular weight excluding hydrogens is 306 g/mol. The smallest absolute Gasteiger partial charge is 0.339 e. The van der Waals surface area contributed by atoms with Crippen molar-refractivity contribution in [2.24, 2.45) is 0 Å². The zero-order valence-corrected chi connectivity index (χ0v) is 9.76. The van der Waals surface area contributed by atoms with E-state index in [-0.39, 0.29) is 0 Å². The van der Waals surface area contributed by atoms with Gasteiger partial charge in [-0.25, -0.2) is 26.7 Å². The second kappa shape index (κ2) is 5.71. The maximum atomic E-state index is 13.1. The number of hydrogen-bond acceptors (Lipinski definition) is 2. The average molecular weight is 309 g/mol. The molecule has 1 aromatic carbocycles. The van der Waals surface area contributed by atoms with Gasteiger partial charge in [0.05, 0.1) is 5.56 Å². The zero-order valence-electron chi connectivity index (χ0n) is 8.25. The van der Waals surface area contributed by atoms with Crippen LogP contribution in [0.15, 0.2) is 0 Å². The third kappa shape index (κ3) is 2.84. The number of benzene rings is 1. The Kier molecular flexibility index (Phi) is 4.75. The first-order valence-electron chi connectivity index (χ1n) is 4.22. The zero-order chi connectivity index (χ0) is 14.0. The van der Waals surface area contributed by atoms with Gasteiger partial charge in [-0.1, -0.05) is 23.2 Å². The molecule has 0 radical (unpaired) electrons. The number of ether oxygens (including phenoxy) is 1. The van der Waals surface area contributed by atoms with Gasteiger partial charge in [-0.2, -0.15) is 0 Å². The fraction of sp³-hybridized carbons (Fsp3) is 0.222. The lowest BCUT2D eigenvalue weighted by Gasteiger charge is -2.09. The van der Waals surface area contributed by atoms with Crippen molar-refractivity contribution >= 4 is 29.2 Å². The van der Waals surface area contributed by atoms with Crippen molar-refractivity contribution in [2.45, 2.75) is 11.4 Å². The minimum atomic E-state index is -2.30. The number of esters is 1. The van der Waals surface area contributed by atoms with Crippen LogP contribution in [-0.2, 0) is 16.1 Å². The third-order valence-electron chi connectivity index (χ3n) is 1.84. The first-order chi connectivity index (χ1) is 8.27. The Morgan fingerprint density at radius 2 is 1.33 bits per heavy atom. The van der Waals surface area contributed by atoms with Crippen LogP contribution in [0.2, 0.25) is 0 Å². The molecule has 0 unspecified atom stereocenters. The number of halogens is 7. The third-order valence-corrected chi connectivity index (χ3v) is 2.19. The molecule has 1 rings (SSSR count). The van der Waals surface area contributed by atoms with Crippen molar-refractivity contribution in [1.29, 1.82) is 0 Å². The number of carbonyl (C=O) groups is 1. The van der Waals surface area contributed by atoms with Crippen molar-refractivity contribution < 1.29 is 31.5 Å². The maximum absolute atomic E-state index is 13.1. The lowest BCUT2D eigenvalue weighted by molar-refractivity contribution is -0.143. The van der Waals surface area contributed by atoms with E-state index in [0.29, 0.717) is 0 Å². The minimum absolute atomic E-state index is 1.18. The van der Waals surface area contributed by atoms with E-state index >= 15 is 0 Å². The Morgan fingerprint density at radius 3 is 1.72 bits per heavy atom. The van der Waals surface area contributed by atoms with Gasteiger partial charge in [0.2, 0.25) is 10.7 Å². The molecule has 0 spiro atoms. The molecule has 2 nitrogen and oxygen atoms in total. The van der Waals surface area contributed by atoms with Crippen LogP contribution in [0, 0.1) is 29.1 Å². The van der Waals surface area contributed by atoms with Gasteiger partial charge >= 0.3 is 5.97 Å². The summed E-state index contributed by atoms with van der Waals surface area (Å²) in [5, 5.41) is 0. The molecule has 0 bridgehead atoms. The van der Waals surface area contributed by atoms with E-state index in [2.05, 4.69) is 4.74 Å². The quantitative estimate of drug-likeness (QED) is 0.282. The van der Waals surface area contributed by atoms with E-state index in [1.165, 1.54) is 0 Å². The molecule has 0 aliphatic heterocycles. The van der Waals surface area contributed by atoms with Gasteiger partial charge in [0, 0.05) is 0 Å². The Balaban J connectivity index is 3.07. The second-order valence-corrected chi connectivity index (χ2v) is 4.05. The molecule has 0 atom stereocenters. The van der Waals surface area contributed by atoms with E-state index in [1.54, 1.807) is 0 Å². The molecule has 0 aliphatic rings. The predicted molar refractivity (Wildman–Crippen MR) is 51.5 cm³/mol. The summed E-state index contributed by atoms with van der Waals surface area (Å²) in [7, 11) is 0.